The van der Waals surface area contributed by atoms with Crippen LogP contribution in [0.1, 0.15) is 209 Å². The summed E-state index contributed by atoms with van der Waals surface area (Å²) in [4.78, 5) is 12.8. The normalized spacial score (nSPS) is 32.4. The summed E-state index contributed by atoms with van der Waals surface area (Å²) >= 11 is 0. The Kier molecular flexibility index (Phi) is 16.2. The number of allylic oxidation sites excluding steroid dienone is 3. The lowest BCUT2D eigenvalue weighted by atomic mass is 9.47. The number of fused-ring (bicyclic) bond motifs is 5. The van der Waals surface area contributed by atoms with Crippen molar-refractivity contribution >= 4 is 5.97 Å². The van der Waals surface area contributed by atoms with Crippen LogP contribution in [0.2, 0.25) is 0 Å². The van der Waals surface area contributed by atoms with Gasteiger partial charge in [0, 0.05) is 12.8 Å². The molecule has 0 N–H and O–H groups in total. The molecule has 0 radical (unpaired) electrons. The minimum Gasteiger partial charge on any atom is -0.462 e. The van der Waals surface area contributed by atoms with Gasteiger partial charge in [0.1, 0.15) is 6.10 Å². The Hall–Kier alpha value is -1.05. The van der Waals surface area contributed by atoms with E-state index in [1.165, 1.54) is 135 Å². The van der Waals surface area contributed by atoms with Gasteiger partial charge in [-0.1, -0.05) is 148 Å². The molecule has 0 amide bonds. The maximum absolute atomic E-state index is 12.8. The van der Waals surface area contributed by atoms with E-state index in [1.54, 1.807) is 11.1 Å². The van der Waals surface area contributed by atoms with Gasteiger partial charge >= 0.3 is 5.97 Å². The maximum atomic E-state index is 12.8. The number of rotatable bonds is 21. The standard InChI is InChI=1S/C46H80O2/c1-8-10-11-12-13-14-15-16-17-18-19-20-21-22-23-44(47)48-39-30-32-45(6)38(34-39)26-27-40-42-29-28-41(46(42,7)33-31-43(40)45)36(5)24-25-37(9-2)35(3)4/h9,26,35-36,39-43H,8,10-25,27-34H2,1-7H3/b37-9-/t36-,39+,40+,41-,42+,43+,45+,46-/m1/s1. The minimum atomic E-state index is 0.0614. The number of esters is 1. The number of ether oxygens (including phenoxy) is 1. The monoisotopic (exact) mass is 665 g/mol. The van der Waals surface area contributed by atoms with Gasteiger partial charge < -0.3 is 4.74 Å². The molecule has 3 fully saturated rings. The van der Waals surface area contributed by atoms with E-state index in [0.29, 0.717) is 23.2 Å². The maximum Gasteiger partial charge on any atom is 0.306 e. The summed E-state index contributed by atoms with van der Waals surface area (Å²) in [5.41, 5.74) is 4.14. The average Bonchev–Trinajstić information content (AvgIpc) is 3.42. The average molecular weight is 665 g/mol. The van der Waals surface area contributed by atoms with Gasteiger partial charge in [-0.25, -0.2) is 0 Å². The number of unbranched alkanes of at least 4 members (excludes halogenated alkanes) is 13. The van der Waals surface area contributed by atoms with Crippen molar-refractivity contribution in [3.05, 3.63) is 23.3 Å². The zero-order chi connectivity index (χ0) is 34.6. The number of carbonyl (C=O) groups excluding carboxylic acids is 1. The molecule has 0 aliphatic heterocycles. The van der Waals surface area contributed by atoms with Crippen LogP contribution in [0.4, 0.5) is 0 Å². The lowest BCUT2D eigenvalue weighted by Gasteiger charge is -2.58. The second-order valence-electron chi connectivity index (χ2n) is 18.2. The van der Waals surface area contributed by atoms with Crippen molar-refractivity contribution < 1.29 is 9.53 Å². The molecular weight excluding hydrogens is 585 g/mol. The van der Waals surface area contributed by atoms with Crippen LogP contribution in [0.5, 0.6) is 0 Å². The van der Waals surface area contributed by atoms with Crippen LogP contribution in [0, 0.1) is 46.3 Å². The van der Waals surface area contributed by atoms with E-state index >= 15 is 0 Å². The Bertz CT molecular complexity index is 1020. The summed E-state index contributed by atoms with van der Waals surface area (Å²) in [5, 5.41) is 0. The van der Waals surface area contributed by atoms with E-state index in [9.17, 15) is 4.79 Å². The highest BCUT2D eigenvalue weighted by atomic mass is 16.5. The van der Waals surface area contributed by atoms with E-state index in [4.69, 9.17) is 4.74 Å². The molecule has 0 unspecified atom stereocenters. The molecule has 0 heterocycles. The van der Waals surface area contributed by atoms with Gasteiger partial charge in [-0.15, -0.1) is 0 Å². The predicted octanol–water partition coefficient (Wildman–Crippen LogP) is 14.4. The molecule has 0 saturated heterocycles. The van der Waals surface area contributed by atoms with Crippen molar-refractivity contribution in [3.8, 4) is 0 Å². The first-order valence-corrected chi connectivity index (χ1v) is 21.7. The fourth-order valence-corrected chi connectivity index (χ4v) is 11.8. The molecule has 4 rings (SSSR count). The zero-order valence-corrected chi connectivity index (χ0v) is 33.2. The van der Waals surface area contributed by atoms with Crippen molar-refractivity contribution in [3.63, 3.8) is 0 Å². The van der Waals surface area contributed by atoms with Crippen LogP contribution >= 0.6 is 0 Å². The van der Waals surface area contributed by atoms with Crippen molar-refractivity contribution in [2.75, 3.05) is 0 Å². The second-order valence-corrected chi connectivity index (χ2v) is 18.2. The first-order valence-electron chi connectivity index (χ1n) is 21.7. The Morgan fingerprint density at radius 1 is 0.812 bits per heavy atom. The zero-order valence-electron chi connectivity index (χ0n) is 33.2. The SMILES string of the molecule is C/C=C(/CC[C@@H](C)[C@H]1CC[C@H]2[C@@H]3CC=C4C[C@@H](OC(=O)CCCCCCCCCCCCCCCC)CC[C@]4(C)[C@H]3CC[C@]12C)C(C)C. The first kappa shape index (κ1) is 39.7. The first-order chi connectivity index (χ1) is 23.1. The van der Waals surface area contributed by atoms with Crippen LogP contribution in [0.3, 0.4) is 0 Å². The van der Waals surface area contributed by atoms with E-state index < -0.39 is 0 Å². The predicted molar refractivity (Wildman–Crippen MR) is 207 cm³/mol. The highest BCUT2D eigenvalue weighted by Gasteiger charge is 2.59. The Morgan fingerprint density at radius 3 is 2.04 bits per heavy atom. The fraction of sp³-hybridized carbons (Fsp3) is 0.891. The molecule has 276 valence electrons. The van der Waals surface area contributed by atoms with Crippen molar-refractivity contribution in [2.24, 2.45) is 46.3 Å². The number of carbonyl (C=O) groups is 1. The van der Waals surface area contributed by atoms with Crippen molar-refractivity contribution in [2.45, 2.75) is 215 Å². The molecule has 0 aromatic heterocycles. The van der Waals surface area contributed by atoms with Gasteiger partial charge in [-0.3, -0.25) is 4.79 Å². The summed E-state index contributed by atoms with van der Waals surface area (Å²) in [5.74, 6) is 5.04. The smallest absolute Gasteiger partial charge is 0.306 e. The molecule has 0 spiro atoms. The van der Waals surface area contributed by atoms with Crippen LogP contribution in [-0.4, -0.2) is 12.1 Å². The van der Waals surface area contributed by atoms with Crippen LogP contribution in [-0.2, 0) is 9.53 Å². The fourth-order valence-electron chi connectivity index (χ4n) is 11.8. The molecule has 0 aromatic carbocycles. The third-order valence-electron chi connectivity index (χ3n) is 14.9. The van der Waals surface area contributed by atoms with Crippen molar-refractivity contribution in [1.82, 2.24) is 0 Å². The molecule has 0 aromatic rings. The minimum absolute atomic E-state index is 0.0614. The van der Waals surface area contributed by atoms with E-state index in [0.717, 1.165) is 48.9 Å². The molecule has 0 bridgehead atoms. The lowest BCUT2D eigenvalue weighted by Crippen LogP contribution is -2.51. The Morgan fingerprint density at radius 2 is 1.44 bits per heavy atom. The van der Waals surface area contributed by atoms with Crippen LogP contribution in [0.15, 0.2) is 23.3 Å². The third kappa shape index (κ3) is 10.3. The summed E-state index contributed by atoms with van der Waals surface area (Å²) in [6.45, 7) is 17.1. The van der Waals surface area contributed by atoms with Crippen molar-refractivity contribution in [1.29, 1.82) is 0 Å². The quantitative estimate of drug-likeness (QED) is 0.0693. The van der Waals surface area contributed by atoms with Crippen LogP contribution < -0.4 is 0 Å². The second kappa shape index (κ2) is 19.5. The molecule has 48 heavy (non-hydrogen) atoms. The summed E-state index contributed by atoms with van der Waals surface area (Å²) in [7, 11) is 0. The molecule has 2 nitrogen and oxygen atoms in total. The van der Waals surface area contributed by atoms with Crippen LogP contribution in [0.25, 0.3) is 0 Å². The molecule has 4 aliphatic carbocycles. The topological polar surface area (TPSA) is 26.3 Å². The van der Waals surface area contributed by atoms with Gasteiger partial charge in [0.25, 0.3) is 0 Å². The van der Waals surface area contributed by atoms with Gasteiger partial charge in [-0.05, 0) is 117 Å². The summed E-state index contributed by atoms with van der Waals surface area (Å²) in [6.07, 6.45) is 37.5. The van der Waals surface area contributed by atoms with E-state index in [1.807, 2.05) is 0 Å². The summed E-state index contributed by atoms with van der Waals surface area (Å²) < 4.78 is 6.14. The molecule has 8 atom stereocenters. The molecule has 2 heteroatoms. The number of hydrogen-bond donors (Lipinski definition) is 0. The molecular formula is C46H80O2. The Balaban J connectivity index is 1.14. The lowest BCUT2D eigenvalue weighted by molar-refractivity contribution is -0.151. The van der Waals surface area contributed by atoms with Gasteiger partial charge in [0.05, 0.1) is 0 Å². The van der Waals surface area contributed by atoms with Gasteiger partial charge in [0.15, 0.2) is 0 Å². The van der Waals surface area contributed by atoms with Gasteiger partial charge in [-0.2, -0.15) is 0 Å². The highest BCUT2D eigenvalue weighted by Crippen LogP contribution is 2.67. The third-order valence-corrected chi connectivity index (χ3v) is 14.9. The van der Waals surface area contributed by atoms with E-state index in [2.05, 4.69) is 60.6 Å². The highest BCUT2D eigenvalue weighted by molar-refractivity contribution is 5.69. The molecule has 4 aliphatic rings. The molecule has 3 saturated carbocycles. The van der Waals surface area contributed by atoms with E-state index in [-0.39, 0.29) is 12.1 Å². The largest absolute Gasteiger partial charge is 0.462 e. The summed E-state index contributed by atoms with van der Waals surface area (Å²) in [6, 6.07) is 0. The number of hydrogen-bond acceptors (Lipinski definition) is 2. The van der Waals surface area contributed by atoms with Gasteiger partial charge in [0.2, 0.25) is 0 Å². The Labute approximate surface area is 299 Å².